The summed E-state index contributed by atoms with van der Waals surface area (Å²) in [6.07, 6.45) is 0. The molecule has 0 saturated heterocycles. The summed E-state index contributed by atoms with van der Waals surface area (Å²) < 4.78 is 27.1. The second kappa shape index (κ2) is 6.41. The van der Waals surface area contributed by atoms with Gasteiger partial charge in [-0.15, -0.1) is 11.3 Å². The fourth-order valence-corrected chi connectivity index (χ4v) is 4.99. The van der Waals surface area contributed by atoms with E-state index >= 15 is 0 Å². The van der Waals surface area contributed by atoms with Crippen molar-refractivity contribution in [2.24, 2.45) is 0 Å². The van der Waals surface area contributed by atoms with Gasteiger partial charge < -0.3 is 0 Å². The Kier molecular flexibility index (Phi) is 4.99. The van der Waals surface area contributed by atoms with E-state index in [0.717, 1.165) is 11.3 Å². The lowest BCUT2D eigenvalue weighted by molar-refractivity contribution is -0.385. The first-order valence-electron chi connectivity index (χ1n) is 5.48. The number of nitro benzene ring substituents is 1. The average molecular weight is 412 g/mol. The van der Waals surface area contributed by atoms with E-state index in [9.17, 15) is 18.5 Å². The van der Waals surface area contributed by atoms with Crippen molar-refractivity contribution < 1.29 is 13.3 Å². The SMILES string of the molecule is O=[N+]([O-])c1ccccc1CNS(=O)(=O)c1cc(Cl)c(Br)s1. The van der Waals surface area contributed by atoms with Crippen LogP contribution in [0.2, 0.25) is 5.02 Å². The summed E-state index contributed by atoms with van der Waals surface area (Å²) in [6, 6.07) is 7.26. The highest BCUT2D eigenvalue weighted by atomic mass is 79.9. The number of nitrogens with one attached hydrogen (secondary N) is 1. The van der Waals surface area contributed by atoms with Gasteiger partial charge in [0.25, 0.3) is 5.69 Å². The summed E-state index contributed by atoms with van der Waals surface area (Å²) in [4.78, 5) is 10.3. The van der Waals surface area contributed by atoms with Crippen molar-refractivity contribution in [1.29, 1.82) is 0 Å². The topological polar surface area (TPSA) is 89.3 Å². The normalized spacial score (nSPS) is 11.5. The zero-order valence-corrected chi connectivity index (χ0v) is 14.2. The molecule has 0 atom stereocenters. The molecule has 112 valence electrons. The molecule has 1 aromatic carbocycles. The van der Waals surface area contributed by atoms with Gasteiger partial charge in [0, 0.05) is 18.2 Å². The molecule has 0 amide bonds. The Morgan fingerprint density at radius 3 is 2.62 bits per heavy atom. The number of hydrogen-bond donors (Lipinski definition) is 1. The summed E-state index contributed by atoms with van der Waals surface area (Å²) >= 11 is 9.91. The smallest absolute Gasteiger partial charge is 0.258 e. The van der Waals surface area contributed by atoms with Crippen LogP contribution in [0.15, 0.2) is 38.3 Å². The Morgan fingerprint density at radius 2 is 2.05 bits per heavy atom. The van der Waals surface area contributed by atoms with Crippen molar-refractivity contribution in [3.05, 3.63) is 54.8 Å². The van der Waals surface area contributed by atoms with Crippen LogP contribution in [0, 0.1) is 10.1 Å². The lowest BCUT2D eigenvalue weighted by atomic mass is 10.2. The van der Waals surface area contributed by atoms with Crippen LogP contribution in [0.5, 0.6) is 0 Å². The van der Waals surface area contributed by atoms with Crippen LogP contribution < -0.4 is 4.72 Å². The maximum Gasteiger partial charge on any atom is 0.273 e. The van der Waals surface area contributed by atoms with E-state index in [1.54, 1.807) is 6.07 Å². The van der Waals surface area contributed by atoms with Crippen molar-refractivity contribution >= 4 is 54.6 Å². The number of thiophene rings is 1. The first-order valence-corrected chi connectivity index (χ1v) is 8.95. The van der Waals surface area contributed by atoms with Crippen LogP contribution in [-0.2, 0) is 16.6 Å². The molecule has 1 aromatic heterocycles. The minimum absolute atomic E-state index is 0.0398. The van der Waals surface area contributed by atoms with Crippen LogP contribution in [0.3, 0.4) is 0 Å². The molecule has 0 aliphatic rings. The maximum absolute atomic E-state index is 12.1. The molecule has 2 rings (SSSR count). The van der Waals surface area contributed by atoms with E-state index in [2.05, 4.69) is 20.7 Å². The van der Waals surface area contributed by atoms with E-state index in [4.69, 9.17) is 11.6 Å². The second-order valence-electron chi connectivity index (χ2n) is 3.90. The van der Waals surface area contributed by atoms with Gasteiger partial charge in [0.2, 0.25) is 10.0 Å². The predicted molar refractivity (Wildman–Crippen MR) is 84.2 cm³/mol. The number of benzene rings is 1. The molecule has 0 radical (unpaired) electrons. The van der Waals surface area contributed by atoms with Crippen molar-refractivity contribution in [1.82, 2.24) is 4.72 Å². The summed E-state index contributed by atoms with van der Waals surface area (Å²) in [7, 11) is -3.77. The zero-order valence-electron chi connectivity index (χ0n) is 10.2. The molecule has 10 heteroatoms. The number of para-hydroxylation sites is 1. The summed E-state index contributed by atoms with van der Waals surface area (Å²) in [5.74, 6) is 0. The van der Waals surface area contributed by atoms with Gasteiger partial charge in [-0.3, -0.25) is 10.1 Å². The highest BCUT2D eigenvalue weighted by molar-refractivity contribution is 9.11. The summed E-state index contributed by atoms with van der Waals surface area (Å²) in [6.45, 7) is -0.174. The predicted octanol–water partition coefficient (Wildman–Crippen LogP) is 3.55. The molecule has 0 aliphatic carbocycles. The quantitative estimate of drug-likeness (QED) is 0.602. The van der Waals surface area contributed by atoms with Gasteiger partial charge in [-0.1, -0.05) is 29.8 Å². The molecule has 0 aliphatic heterocycles. The molecular weight excluding hydrogens is 404 g/mol. The number of hydrogen-bond acceptors (Lipinski definition) is 5. The standard InChI is InChI=1S/C11H8BrClN2O4S2/c12-11-8(13)5-10(20-11)21(18,19)14-6-7-3-1-2-4-9(7)15(16)17/h1-5,14H,6H2. The average Bonchev–Trinajstić information content (AvgIpc) is 2.77. The molecule has 0 unspecified atom stereocenters. The number of nitrogens with zero attached hydrogens (tertiary/aromatic N) is 1. The van der Waals surface area contributed by atoms with Crippen LogP contribution >= 0.6 is 38.9 Å². The Hall–Kier alpha value is -1.000. The molecular formula is C11H8BrClN2O4S2. The fraction of sp³-hybridized carbons (Fsp3) is 0.0909. The maximum atomic E-state index is 12.1. The van der Waals surface area contributed by atoms with Gasteiger partial charge in [0.1, 0.15) is 4.21 Å². The van der Waals surface area contributed by atoms with E-state index in [1.807, 2.05) is 0 Å². The van der Waals surface area contributed by atoms with E-state index in [1.165, 1.54) is 24.3 Å². The van der Waals surface area contributed by atoms with Gasteiger partial charge in [-0.25, -0.2) is 13.1 Å². The van der Waals surface area contributed by atoms with Gasteiger partial charge in [0.15, 0.2) is 0 Å². The van der Waals surface area contributed by atoms with Gasteiger partial charge in [-0.2, -0.15) is 0 Å². The van der Waals surface area contributed by atoms with Crippen molar-refractivity contribution in [2.75, 3.05) is 0 Å². The first-order chi connectivity index (χ1) is 9.81. The lowest BCUT2D eigenvalue weighted by Crippen LogP contribution is -2.22. The van der Waals surface area contributed by atoms with Crippen LogP contribution in [-0.4, -0.2) is 13.3 Å². The van der Waals surface area contributed by atoms with E-state index < -0.39 is 14.9 Å². The number of sulfonamides is 1. The van der Waals surface area contributed by atoms with Crippen LogP contribution in [0.1, 0.15) is 5.56 Å². The second-order valence-corrected chi connectivity index (χ2v) is 8.67. The number of nitro groups is 1. The first kappa shape index (κ1) is 16.4. The van der Waals surface area contributed by atoms with Crippen molar-refractivity contribution in [2.45, 2.75) is 10.8 Å². The van der Waals surface area contributed by atoms with Crippen molar-refractivity contribution in [3.63, 3.8) is 0 Å². The Bertz CT molecular complexity index is 772. The van der Waals surface area contributed by atoms with E-state index in [-0.39, 0.29) is 22.0 Å². The van der Waals surface area contributed by atoms with Crippen molar-refractivity contribution in [3.8, 4) is 0 Å². The molecule has 1 N–H and O–H groups in total. The lowest BCUT2D eigenvalue weighted by Gasteiger charge is -2.05. The monoisotopic (exact) mass is 410 g/mol. The van der Waals surface area contributed by atoms with Crippen LogP contribution in [0.4, 0.5) is 5.69 Å². The molecule has 21 heavy (non-hydrogen) atoms. The summed E-state index contributed by atoms with van der Waals surface area (Å²) in [5.41, 5.74) is 0.151. The van der Waals surface area contributed by atoms with Gasteiger partial charge >= 0.3 is 0 Å². The van der Waals surface area contributed by atoms with Gasteiger partial charge in [0.05, 0.1) is 13.7 Å². The Morgan fingerprint density at radius 1 is 1.38 bits per heavy atom. The molecule has 0 fully saturated rings. The fourth-order valence-electron chi connectivity index (χ4n) is 1.54. The third-order valence-corrected chi connectivity index (χ3v) is 6.88. The molecule has 2 aromatic rings. The minimum atomic E-state index is -3.77. The third kappa shape index (κ3) is 3.80. The van der Waals surface area contributed by atoms with Crippen LogP contribution in [0.25, 0.3) is 0 Å². The minimum Gasteiger partial charge on any atom is -0.258 e. The number of rotatable bonds is 5. The highest BCUT2D eigenvalue weighted by Crippen LogP contribution is 2.34. The largest absolute Gasteiger partial charge is 0.273 e. The highest BCUT2D eigenvalue weighted by Gasteiger charge is 2.20. The number of halogens is 2. The summed E-state index contributed by atoms with van der Waals surface area (Å²) in [5, 5.41) is 11.2. The molecule has 0 bridgehead atoms. The third-order valence-electron chi connectivity index (χ3n) is 2.53. The molecule has 6 nitrogen and oxygen atoms in total. The van der Waals surface area contributed by atoms with E-state index in [0.29, 0.717) is 8.81 Å². The molecule has 0 spiro atoms. The van der Waals surface area contributed by atoms with Gasteiger partial charge in [-0.05, 0) is 22.0 Å². The Balaban J connectivity index is 2.21. The molecule has 0 saturated carbocycles. The zero-order chi connectivity index (χ0) is 15.6. The molecule has 1 heterocycles. The Labute approximate surface area is 138 Å².